The second kappa shape index (κ2) is 5.25. The van der Waals surface area contributed by atoms with Crippen molar-refractivity contribution in [2.75, 3.05) is 13.1 Å². The number of fused-ring (bicyclic) bond motifs is 4. The molecule has 22 heavy (non-hydrogen) atoms. The molecule has 3 aliphatic rings. The van der Waals surface area contributed by atoms with Gasteiger partial charge in [0.1, 0.15) is 0 Å². The first-order valence-electron chi connectivity index (χ1n) is 7.34. The van der Waals surface area contributed by atoms with Crippen LogP contribution in [0.4, 0.5) is 0 Å². The Kier molecular flexibility index (Phi) is 3.35. The third-order valence-electron chi connectivity index (χ3n) is 4.53. The van der Waals surface area contributed by atoms with Crippen LogP contribution in [0, 0.1) is 5.92 Å². The van der Waals surface area contributed by atoms with E-state index in [9.17, 15) is 4.79 Å². The molecule has 3 aliphatic heterocycles. The van der Waals surface area contributed by atoms with Crippen molar-refractivity contribution in [1.29, 1.82) is 0 Å². The van der Waals surface area contributed by atoms with E-state index in [-0.39, 0.29) is 5.92 Å². The lowest BCUT2D eigenvalue weighted by molar-refractivity contribution is -0.128. The van der Waals surface area contributed by atoms with E-state index in [1.807, 2.05) is 12.1 Å². The minimum Gasteiger partial charge on any atom is -0.367 e. The molecule has 0 amide bonds. The molecular formula is C17H14Cl2N2O. The number of hydrogen-bond donors (Lipinski definition) is 0. The van der Waals surface area contributed by atoms with Crippen molar-refractivity contribution in [3.05, 3.63) is 45.7 Å². The molecule has 2 aromatic rings. The van der Waals surface area contributed by atoms with Crippen molar-refractivity contribution in [2.24, 2.45) is 5.92 Å². The van der Waals surface area contributed by atoms with Gasteiger partial charge in [-0.3, -0.25) is 9.78 Å². The average Bonchev–Trinajstić information content (AvgIpc) is 2.49. The summed E-state index contributed by atoms with van der Waals surface area (Å²) in [4.78, 5) is 18.4. The zero-order valence-electron chi connectivity index (χ0n) is 11.9. The maximum atomic E-state index is 11.8. The predicted molar refractivity (Wildman–Crippen MR) is 89.0 cm³/mol. The molecule has 4 heterocycles. The Hall–Kier alpha value is -1.58. The number of Topliss-reactive ketones (excluding diaryl/α,β-unsaturated/α-hetero) is 1. The summed E-state index contributed by atoms with van der Waals surface area (Å²) in [7, 11) is 0. The normalized spacial score (nSPS) is 22.8. The maximum absolute atomic E-state index is 11.8. The number of benzene rings is 1. The largest absolute Gasteiger partial charge is 0.367 e. The average molecular weight is 333 g/mol. The summed E-state index contributed by atoms with van der Waals surface area (Å²) in [5, 5.41) is 2.11. The smallest absolute Gasteiger partial charge is 0.155 e. The zero-order valence-corrected chi connectivity index (χ0v) is 13.4. The molecular weight excluding hydrogens is 319 g/mol. The number of halogens is 2. The molecule has 112 valence electrons. The molecule has 0 unspecified atom stereocenters. The Morgan fingerprint density at radius 1 is 1.32 bits per heavy atom. The summed E-state index contributed by atoms with van der Waals surface area (Å²) in [6.07, 6.45) is 5.72. The van der Waals surface area contributed by atoms with Crippen molar-refractivity contribution in [2.45, 2.75) is 12.8 Å². The molecule has 3 nitrogen and oxygen atoms in total. The number of aromatic nitrogens is 1. The monoisotopic (exact) mass is 332 g/mol. The molecule has 0 saturated carbocycles. The summed E-state index contributed by atoms with van der Waals surface area (Å²) >= 11 is 12.4. The quantitative estimate of drug-likeness (QED) is 0.785. The Morgan fingerprint density at radius 2 is 2.18 bits per heavy atom. The van der Waals surface area contributed by atoms with Crippen molar-refractivity contribution in [1.82, 2.24) is 9.88 Å². The van der Waals surface area contributed by atoms with Gasteiger partial charge in [-0.15, -0.1) is 0 Å². The van der Waals surface area contributed by atoms with E-state index in [0.29, 0.717) is 22.4 Å². The van der Waals surface area contributed by atoms with E-state index in [4.69, 9.17) is 23.2 Å². The first kappa shape index (κ1) is 14.0. The molecule has 1 aromatic carbocycles. The van der Waals surface area contributed by atoms with Gasteiger partial charge in [0.2, 0.25) is 0 Å². The Balaban J connectivity index is 1.82. The molecule has 0 aliphatic carbocycles. The minimum absolute atomic E-state index is 0.191. The van der Waals surface area contributed by atoms with E-state index in [1.165, 1.54) is 5.70 Å². The van der Waals surface area contributed by atoms with Crippen LogP contribution >= 0.6 is 23.2 Å². The van der Waals surface area contributed by atoms with Gasteiger partial charge >= 0.3 is 0 Å². The van der Waals surface area contributed by atoms with Gasteiger partial charge in [-0.25, -0.2) is 0 Å². The van der Waals surface area contributed by atoms with Gasteiger partial charge in [-0.2, -0.15) is 0 Å². The highest BCUT2D eigenvalue weighted by atomic mass is 35.5. The SMILES string of the molecule is O=C1CN2CC[C@H]1C/C2=C/c1ccnc2c(Cl)cc(Cl)cc12. The highest BCUT2D eigenvalue weighted by Crippen LogP contribution is 2.35. The third-order valence-corrected chi connectivity index (χ3v) is 5.04. The minimum atomic E-state index is 0.191. The van der Waals surface area contributed by atoms with Gasteiger partial charge in [-0.1, -0.05) is 23.2 Å². The van der Waals surface area contributed by atoms with Crippen molar-refractivity contribution in [3.63, 3.8) is 0 Å². The third kappa shape index (κ3) is 2.29. The van der Waals surface area contributed by atoms with Crippen molar-refractivity contribution in [3.8, 4) is 0 Å². The number of carbonyl (C=O) groups is 1. The number of piperidine rings is 3. The molecule has 3 fully saturated rings. The standard InChI is InChI=1S/C17H14Cl2N2O/c18-12-7-14-10(1-3-20-17(14)15(19)8-12)5-13-6-11-2-4-21(13)9-16(11)22/h1,3,5,7-8,11H,2,4,6,9H2/b13-5-/t11-/m0/s1. The number of hydrogen-bond acceptors (Lipinski definition) is 3. The first-order chi connectivity index (χ1) is 10.6. The molecule has 1 aromatic heterocycles. The Bertz CT molecular complexity index is 816. The highest BCUT2D eigenvalue weighted by molar-refractivity contribution is 6.38. The highest BCUT2D eigenvalue weighted by Gasteiger charge is 2.35. The Morgan fingerprint density at radius 3 is 2.91 bits per heavy atom. The topological polar surface area (TPSA) is 33.2 Å². The molecule has 2 bridgehead atoms. The van der Waals surface area contributed by atoms with Crippen LogP contribution < -0.4 is 0 Å². The van der Waals surface area contributed by atoms with E-state index in [2.05, 4.69) is 16.0 Å². The van der Waals surface area contributed by atoms with Crippen LogP contribution in [0.1, 0.15) is 18.4 Å². The van der Waals surface area contributed by atoms with Crippen LogP contribution in [0.2, 0.25) is 10.0 Å². The number of carbonyl (C=O) groups excluding carboxylic acids is 1. The molecule has 0 N–H and O–H groups in total. The van der Waals surface area contributed by atoms with Gasteiger partial charge < -0.3 is 4.90 Å². The number of ketones is 1. The molecule has 1 atom stereocenters. The van der Waals surface area contributed by atoms with Gasteiger partial charge in [-0.05, 0) is 42.7 Å². The number of allylic oxidation sites excluding steroid dienone is 1. The lowest BCUT2D eigenvalue weighted by Crippen LogP contribution is -2.46. The zero-order chi connectivity index (χ0) is 15.3. The molecule has 3 saturated heterocycles. The summed E-state index contributed by atoms with van der Waals surface area (Å²) < 4.78 is 0. The summed E-state index contributed by atoms with van der Waals surface area (Å²) in [5.41, 5.74) is 3.02. The molecule has 0 radical (unpaired) electrons. The van der Waals surface area contributed by atoms with Gasteiger partial charge in [0.15, 0.2) is 5.78 Å². The van der Waals surface area contributed by atoms with Gasteiger partial charge in [0.05, 0.1) is 17.1 Å². The number of nitrogens with zero attached hydrogens (tertiary/aromatic N) is 2. The number of rotatable bonds is 1. The van der Waals surface area contributed by atoms with Crippen LogP contribution in [0.25, 0.3) is 17.0 Å². The second-order valence-corrected chi connectivity index (χ2v) is 6.74. The molecule has 5 rings (SSSR count). The van der Waals surface area contributed by atoms with Crippen LogP contribution in [-0.4, -0.2) is 28.8 Å². The van der Waals surface area contributed by atoms with E-state index in [1.54, 1.807) is 12.3 Å². The molecule has 5 heteroatoms. The van der Waals surface area contributed by atoms with Crippen LogP contribution in [0.5, 0.6) is 0 Å². The lowest BCUT2D eigenvalue weighted by atomic mass is 9.84. The summed E-state index contributed by atoms with van der Waals surface area (Å²) in [6.45, 7) is 1.51. The van der Waals surface area contributed by atoms with E-state index in [0.717, 1.165) is 35.9 Å². The second-order valence-electron chi connectivity index (χ2n) is 5.90. The van der Waals surface area contributed by atoms with Crippen LogP contribution in [0.3, 0.4) is 0 Å². The van der Waals surface area contributed by atoms with Crippen molar-refractivity contribution >= 4 is 46.0 Å². The van der Waals surface area contributed by atoms with E-state index >= 15 is 0 Å². The number of pyridine rings is 1. The lowest BCUT2D eigenvalue weighted by Gasteiger charge is -2.41. The van der Waals surface area contributed by atoms with Gasteiger partial charge in [0, 0.05) is 34.8 Å². The summed E-state index contributed by atoms with van der Waals surface area (Å²) in [6, 6.07) is 5.57. The fourth-order valence-electron chi connectivity index (χ4n) is 3.37. The predicted octanol–water partition coefficient (Wildman–Crippen LogP) is 4.18. The summed E-state index contributed by atoms with van der Waals surface area (Å²) in [5.74, 6) is 0.561. The van der Waals surface area contributed by atoms with Crippen LogP contribution in [0.15, 0.2) is 30.1 Å². The van der Waals surface area contributed by atoms with Crippen LogP contribution in [-0.2, 0) is 4.79 Å². The fourth-order valence-corrected chi connectivity index (χ4v) is 3.91. The van der Waals surface area contributed by atoms with Gasteiger partial charge in [0.25, 0.3) is 0 Å². The molecule has 0 spiro atoms. The first-order valence-corrected chi connectivity index (χ1v) is 8.09. The van der Waals surface area contributed by atoms with E-state index < -0.39 is 0 Å². The van der Waals surface area contributed by atoms with Crippen molar-refractivity contribution < 1.29 is 4.79 Å². The fraction of sp³-hybridized carbons (Fsp3) is 0.294. The Labute approximate surface area is 138 Å². The maximum Gasteiger partial charge on any atom is 0.155 e.